The lowest BCUT2D eigenvalue weighted by molar-refractivity contribution is -0.167. The van der Waals surface area contributed by atoms with Crippen LogP contribution in [0.25, 0.3) is 0 Å². The number of carbonyl (C=O) groups is 3. The number of allylic oxidation sites excluding steroid dienone is 18. The SMILES string of the molecule is CC\C=C/C=C\C=C/C=C\CCCCCC(=O)OCC(COC(=O)CCCCCCC/C=C\CCCC)OC(=O)CCCCC\C=C/C=C\C=C/C=C\CC. The highest BCUT2D eigenvalue weighted by Gasteiger charge is 2.19. The quantitative estimate of drug-likeness (QED) is 0.0208. The van der Waals surface area contributed by atoms with Crippen LogP contribution in [0.5, 0.6) is 0 Å². The van der Waals surface area contributed by atoms with Crippen LogP contribution in [-0.2, 0) is 28.6 Å². The van der Waals surface area contributed by atoms with Crippen molar-refractivity contribution in [1.82, 2.24) is 0 Å². The summed E-state index contributed by atoms with van der Waals surface area (Å²) in [5, 5.41) is 0. The first-order valence-electron chi connectivity index (χ1n) is 21.5. The van der Waals surface area contributed by atoms with Crippen molar-refractivity contribution in [2.45, 2.75) is 168 Å². The molecule has 0 fully saturated rings. The first-order chi connectivity index (χ1) is 27.0. The largest absolute Gasteiger partial charge is 0.462 e. The van der Waals surface area contributed by atoms with E-state index in [1.807, 2.05) is 72.9 Å². The molecule has 0 aromatic heterocycles. The second kappa shape index (κ2) is 42.8. The highest BCUT2D eigenvalue weighted by molar-refractivity contribution is 5.71. The minimum atomic E-state index is -0.817. The maximum Gasteiger partial charge on any atom is 0.306 e. The number of rotatable bonds is 36. The van der Waals surface area contributed by atoms with Gasteiger partial charge in [-0.3, -0.25) is 14.4 Å². The van der Waals surface area contributed by atoms with Crippen molar-refractivity contribution < 1.29 is 28.6 Å². The van der Waals surface area contributed by atoms with E-state index in [0.717, 1.165) is 89.9 Å². The van der Waals surface area contributed by atoms with E-state index in [-0.39, 0.29) is 37.5 Å². The Labute approximate surface area is 336 Å². The maximum absolute atomic E-state index is 12.7. The fourth-order valence-electron chi connectivity index (χ4n) is 5.21. The average Bonchev–Trinajstić information content (AvgIpc) is 3.18. The summed E-state index contributed by atoms with van der Waals surface area (Å²) in [6.45, 7) is 6.19. The van der Waals surface area contributed by atoms with E-state index < -0.39 is 6.10 Å². The Balaban J connectivity index is 4.57. The van der Waals surface area contributed by atoms with Crippen LogP contribution in [0, 0.1) is 0 Å². The Hall–Kier alpha value is -3.93. The molecule has 0 N–H and O–H groups in total. The van der Waals surface area contributed by atoms with Crippen LogP contribution in [0.3, 0.4) is 0 Å². The topological polar surface area (TPSA) is 78.9 Å². The molecule has 0 saturated carbocycles. The van der Waals surface area contributed by atoms with Gasteiger partial charge < -0.3 is 14.2 Å². The van der Waals surface area contributed by atoms with E-state index in [4.69, 9.17) is 14.2 Å². The standard InChI is InChI=1S/C49H76O6/c1-4-7-10-13-16-19-22-24-27-30-33-36-39-42-48(51)54-45-46(44-53-47(50)41-38-35-32-29-26-21-18-15-12-9-6-3)55-49(52)43-40-37-34-31-28-25-23-20-17-14-11-8-5-2/h7-8,10-11,13-20,22-25,27-28,46H,4-6,9,12,21,26,29-45H2,1-3H3/b10-7-,11-8-,16-13-,17-14-,18-15-,22-19-,23-20-,27-24-,28-25-. The Bertz CT molecular complexity index is 1200. The molecule has 55 heavy (non-hydrogen) atoms. The lowest BCUT2D eigenvalue weighted by atomic mass is 10.1. The van der Waals surface area contributed by atoms with Crippen LogP contribution >= 0.6 is 0 Å². The van der Waals surface area contributed by atoms with Gasteiger partial charge in [-0.25, -0.2) is 0 Å². The van der Waals surface area contributed by atoms with Gasteiger partial charge in [0.15, 0.2) is 6.10 Å². The van der Waals surface area contributed by atoms with Gasteiger partial charge >= 0.3 is 17.9 Å². The summed E-state index contributed by atoms with van der Waals surface area (Å²) in [5.74, 6) is -1.02. The molecule has 0 spiro atoms. The molecule has 1 unspecified atom stereocenters. The molecule has 0 aliphatic rings. The van der Waals surface area contributed by atoms with Gasteiger partial charge in [0.1, 0.15) is 13.2 Å². The lowest BCUT2D eigenvalue weighted by Gasteiger charge is -2.18. The van der Waals surface area contributed by atoms with Crippen LogP contribution < -0.4 is 0 Å². The fraction of sp³-hybridized carbons (Fsp3) is 0.571. The van der Waals surface area contributed by atoms with Gasteiger partial charge in [0.25, 0.3) is 0 Å². The second-order valence-electron chi connectivity index (χ2n) is 13.7. The van der Waals surface area contributed by atoms with Crippen molar-refractivity contribution in [3.05, 3.63) is 109 Å². The van der Waals surface area contributed by atoms with Crippen molar-refractivity contribution in [1.29, 1.82) is 0 Å². The van der Waals surface area contributed by atoms with Crippen LogP contribution in [-0.4, -0.2) is 37.2 Å². The smallest absolute Gasteiger partial charge is 0.306 e. The third kappa shape index (κ3) is 41.1. The van der Waals surface area contributed by atoms with Gasteiger partial charge in [-0.05, 0) is 77.0 Å². The number of ether oxygens (including phenoxy) is 3. The van der Waals surface area contributed by atoms with Gasteiger partial charge in [0.05, 0.1) is 0 Å². The van der Waals surface area contributed by atoms with Gasteiger partial charge in [-0.2, -0.15) is 0 Å². The van der Waals surface area contributed by atoms with Gasteiger partial charge in [0, 0.05) is 19.3 Å². The molecular weight excluding hydrogens is 685 g/mol. The van der Waals surface area contributed by atoms with E-state index in [1.165, 1.54) is 25.7 Å². The highest BCUT2D eigenvalue weighted by atomic mass is 16.6. The van der Waals surface area contributed by atoms with E-state index in [0.29, 0.717) is 19.3 Å². The van der Waals surface area contributed by atoms with Gasteiger partial charge in [-0.15, -0.1) is 0 Å². The second-order valence-corrected chi connectivity index (χ2v) is 13.7. The zero-order valence-corrected chi connectivity index (χ0v) is 34.9. The summed E-state index contributed by atoms with van der Waals surface area (Å²) in [4.78, 5) is 37.6. The summed E-state index contributed by atoms with van der Waals surface area (Å²) in [5.41, 5.74) is 0. The maximum atomic E-state index is 12.7. The minimum Gasteiger partial charge on any atom is -0.462 e. The Kier molecular flexibility index (Phi) is 39.7. The summed E-state index contributed by atoms with van der Waals surface area (Å²) >= 11 is 0. The van der Waals surface area contributed by atoms with E-state index >= 15 is 0 Å². The molecule has 308 valence electrons. The molecule has 0 amide bonds. The van der Waals surface area contributed by atoms with E-state index in [9.17, 15) is 14.4 Å². The number of unbranched alkanes of at least 4 members (excludes halogenated alkanes) is 13. The van der Waals surface area contributed by atoms with Crippen molar-refractivity contribution in [2.75, 3.05) is 13.2 Å². The normalized spacial score (nSPS) is 13.1. The Morgan fingerprint density at radius 3 is 1.18 bits per heavy atom. The Morgan fingerprint density at radius 2 is 0.727 bits per heavy atom. The third-order valence-corrected chi connectivity index (χ3v) is 8.43. The van der Waals surface area contributed by atoms with Crippen LogP contribution in [0.15, 0.2) is 109 Å². The van der Waals surface area contributed by atoms with Gasteiger partial charge in [-0.1, -0.05) is 175 Å². The predicted molar refractivity (Wildman–Crippen MR) is 233 cm³/mol. The highest BCUT2D eigenvalue weighted by Crippen LogP contribution is 2.11. The van der Waals surface area contributed by atoms with E-state index in [2.05, 4.69) is 57.2 Å². The average molecular weight is 761 g/mol. The number of hydrogen-bond donors (Lipinski definition) is 0. The molecular formula is C49H76O6. The third-order valence-electron chi connectivity index (χ3n) is 8.43. The van der Waals surface area contributed by atoms with Gasteiger partial charge in [0.2, 0.25) is 0 Å². The van der Waals surface area contributed by atoms with Crippen LogP contribution in [0.2, 0.25) is 0 Å². The number of esters is 3. The number of carbonyl (C=O) groups excluding carboxylic acids is 3. The summed E-state index contributed by atoms with van der Waals surface area (Å²) in [6.07, 6.45) is 56.4. The molecule has 6 heteroatoms. The Morgan fingerprint density at radius 1 is 0.382 bits per heavy atom. The van der Waals surface area contributed by atoms with Crippen LogP contribution in [0.1, 0.15) is 162 Å². The summed E-state index contributed by atoms with van der Waals surface area (Å²) < 4.78 is 16.6. The molecule has 0 heterocycles. The molecule has 0 aliphatic carbocycles. The monoisotopic (exact) mass is 761 g/mol. The van der Waals surface area contributed by atoms with E-state index in [1.54, 1.807) is 0 Å². The molecule has 0 aliphatic heterocycles. The summed E-state index contributed by atoms with van der Waals surface area (Å²) in [6, 6.07) is 0. The first kappa shape index (κ1) is 51.1. The summed E-state index contributed by atoms with van der Waals surface area (Å²) in [7, 11) is 0. The fourth-order valence-corrected chi connectivity index (χ4v) is 5.21. The molecule has 0 radical (unpaired) electrons. The lowest BCUT2D eigenvalue weighted by Crippen LogP contribution is -2.30. The molecule has 0 bridgehead atoms. The predicted octanol–water partition coefficient (Wildman–Crippen LogP) is 13.6. The first-order valence-corrected chi connectivity index (χ1v) is 21.5. The molecule has 1 atom stereocenters. The molecule has 0 aromatic carbocycles. The molecule has 0 saturated heterocycles. The van der Waals surface area contributed by atoms with Crippen molar-refractivity contribution in [3.63, 3.8) is 0 Å². The van der Waals surface area contributed by atoms with Crippen LogP contribution in [0.4, 0.5) is 0 Å². The zero-order valence-electron chi connectivity index (χ0n) is 34.9. The van der Waals surface area contributed by atoms with Crippen molar-refractivity contribution >= 4 is 17.9 Å². The van der Waals surface area contributed by atoms with Crippen molar-refractivity contribution in [3.8, 4) is 0 Å². The molecule has 6 nitrogen and oxygen atoms in total. The zero-order chi connectivity index (χ0) is 40.1. The molecule has 0 rings (SSSR count). The molecule has 0 aromatic rings. The van der Waals surface area contributed by atoms with Crippen molar-refractivity contribution in [2.24, 2.45) is 0 Å². The minimum absolute atomic E-state index is 0.114. The number of hydrogen-bond acceptors (Lipinski definition) is 6.